The summed E-state index contributed by atoms with van der Waals surface area (Å²) in [5.41, 5.74) is 3.31. The number of nitrogens with zero attached hydrogens (tertiary/aromatic N) is 2. The third-order valence-corrected chi connectivity index (χ3v) is 5.60. The molecular weight excluding hydrogens is 603 g/mol. The zero-order valence-electron chi connectivity index (χ0n) is 17.9. The Morgan fingerprint density at radius 2 is 0.824 bits per heavy atom. The van der Waals surface area contributed by atoms with E-state index in [1.165, 1.54) is 0 Å². The fourth-order valence-corrected chi connectivity index (χ4v) is 3.55. The van der Waals surface area contributed by atoms with Crippen LogP contribution in [0.25, 0.3) is 11.1 Å². The molecule has 0 amide bonds. The first-order valence-corrected chi connectivity index (χ1v) is 10.8. The van der Waals surface area contributed by atoms with Crippen molar-refractivity contribution < 1.29 is 52.7 Å². The average molecular weight is 623 g/mol. The Hall–Kier alpha value is -2.38. The van der Waals surface area contributed by atoms with Gasteiger partial charge in [-0.05, 0) is 59.7 Å². The summed E-state index contributed by atoms with van der Waals surface area (Å²) in [5.74, 6) is 0.0380. The van der Waals surface area contributed by atoms with Gasteiger partial charge in [0.2, 0.25) is 24.7 Å². The number of carbonyl (C=O) groups excluding carboxylic acids is 2. The van der Waals surface area contributed by atoms with Crippen molar-refractivity contribution in [1.29, 1.82) is 0 Å². The third-order valence-electron chi connectivity index (χ3n) is 5.10. The highest BCUT2D eigenvalue weighted by Gasteiger charge is 2.14. The van der Waals surface area contributed by atoms with Crippen LogP contribution in [0.15, 0.2) is 97.6 Å². The Labute approximate surface area is 229 Å². The van der Waals surface area contributed by atoms with Crippen LogP contribution in [0.5, 0.6) is 0 Å². The summed E-state index contributed by atoms with van der Waals surface area (Å²) in [5, 5.41) is 1.22. The molecule has 4 rings (SSSR count). The van der Waals surface area contributed by atoms with Crippen molar-refractivity contribution in [2.24, 2.45) is 0 Å². The molecule has 0 unspecified atom stereocenters. The quantitative estimate of drug-likeness (QED) is 0.196. The van der Waals surface area contributed by atoms with Gasteiger partial charge in [0, 0.05) is 45.4 Å². The molecular formula is C26H20Br2Cl2N2O2. The number of halogens is 4. The first-order valence-electron chi connectivity index (χ1n) is 10.0. The maximum atomic E-state index is 12.4. The molecule has 0 atom stereocenters. The van der Waals surface area contributed by atoms with Crippen LogP contribution in [-0.2, 0) is 13.1 Å². The Balaban J connectivity index is 0.00000204. The van der Waals surface area contributed by atoms with E-state index in [-0.39, 0.29) is 58.6 Å². The summed E-state index contributed by atoms with van der Waals surface area (Å²) in [7, 11) is 0. The molecule has 0 fully saturated rings. The number of aromatic nitrogens is 2. The van der Waals surface area contributed by atoms with Crippen molar-refractivity contribution in [2.45, 2.75) is 13.1 Å². The molecule has 2 aromatic carbocycles. The lowest BCUT2D eigenvalue weighted by molar-refractivity contribution is -0.683. The summed E-state index contributed by atoms with van der Waals surface area (Å²) in [6.07, 6.45) is 7.53. The number of carbonyl (C=O) groups is 2. The van der Waals surface area contributed by atoms with Crippen molar-refractivity contribution in [1.82, 2.24) is 0 Å². The number of rotatable bonds is 7. The molecule has 4 nitrogen and oxygen atoms in total. The molecule has 2 aromatic heterocycles. The second kappa shape index (κ2) is 12.9. The van der Waals surface area contributed by atoms with Gasteiger partial charge in [-0.25, -0.2) is 0 Å². The van der Waals surface area contributed by atoms with Gasteiger partial charge in [-0.1, -0.05) is 23.2 Å². The zero-order chi connectivity index (χ0) is 22.5. The highest BCUT2D eigenvalue weighted by Crippen LogP contribution is 2.16. The largest absolute Gasteiger partial charge is 1.00 e. The number of hydrogen-bond acceptors (Lipinski definition) is 2. The molecule has 0 aliphatic heterocycles. The molecule has 0 bridgehead atoms. The van der Waals surface area contributed by atoms with Crippen molar-refractivity contribution in [2.75, 3.05) is 0 Å². The van der Waals surface area contributed by atoms with Crippen LogP contribution >= 0.6 is 23.2 Å². The molecule has 4 aromatic rings. The molecule has 0 radical (unpaired) electrons. The van der Waals surface area contributed by atoms with E-state index in [0.717, 1.165) is 11.1 Å². The summed E-state index contributed by atoms with van der Waals surface area (Å²) >= 11 is 11.8. The zero-order valence-corrected chi connectivity index (χ0v) is 22.6. The molecule has 0 aliphatic carbocycles. The van der Waals surface area contributed by atoms with E-state index in [2.05, 4.69) is 0 Å². The maximum Gasteiger partial charge on any atom is 0.227 e. The lowest BCUT2D eigenvalue weighted by atomic mass is 10.1. The van der Waals surface area contributed by atoms with Crippen LogP contribution in [0.4, 0.5) is 0 Å². The van der Waals surface area contributed by atoms with Crippen LogP contribution < -0.4 is 43.1 Å². The van der Waals surface area contributed by atoms with Gasteiger partial charge in [0.15, 0.2) is 24.8 Å². The molecule has 0 spiro atoms. The minimum absolute atomic E-state index is 0. The van der Waals surface area contributed by atoms with E-state index in [0.29, 0.717) is 21.2 Å². The van der Waals surface area contributed by atoms with Gasteiger partial charge in [0.25, 0.3) is 0 Å². The Morgan fingerprint density at radius 3 is 1.12 bits per heavy atom. The second-order valence-corrected chi connectivity index (χ2v) is 8.25. The first-order chi connectivity index (χ1) is 15.5. The van der Waals surface area contributed by atoms with Crippen LogP contribution in [0.3, 0.4) is 0 Å². The normalized spacial score (nSPS) is 10.1. The van der Waals surface area contributed by atoms with Gasteiger partial charge in [0.05, 0.1) is 0 Å². The molecule has 8 heteroatoms. The minimum atomic E-state index is 0. The predicted octanol–water partition coefficient (Wildman–Crippen LogP) is -0.991. The van der Waals surface area contributed by atoms with Crippen molar-refractivity contribution in [3.63, 3.8) is 0 Å². The smallest absolute Gasteiger partial charge is 0.227 e. The van der Waals surface area contributed by atoms with Gasteiger partial charge in [0.1, 0.15) is 0 Å². The Morgan fingerprint density at radius 1 is 0.529 bits per heavy atom. The van der Waals surface area contributed by atoms with E-state index in [1.54, 1.807) is 48.5 Å². The number of ketones is 2. The van der Waals surface area contributed by atoms with Gasteiger partial charge >= 0.3 is 0 Å². The molecule has 2 heterocycles. The molecule has 174 valence electrons. The van der Waals surface area contributed by atoms with Crippen molar-refractivity contribution in [3.8, 4) is 11.1 Å². The van der Waals surface area contributed by atoms with Crippen LogP contribution in [-0.4, -0.2) is 11.6 Å². The first kappa shape index (κ1) is 27.9. The summed E-state index contributed by atoms with van der Waals surface area (Å²) in [6.45, 7) is 0.507. The average Bonchev–Trinajstić information content (AvgIpc) is 2.81. The lowest BCUT2D eigenvalue weighted by Gasteiger charge is -2.02. The fourth-order valence-electron chi connectivity index (χ4n) is 3.30. The standard InChI is InChI=1S/C26H20Cl2N2O2.2BrH/c27-23-5-1-21(2-6-23)25(31)17-29-13-9-19(10-14-29)20-11-15-30(16-12-20)18-26(32)22-3-7-24(28)8-4-22;;/h1-16H,17-18H2;2*1H/q+2;;/p-2. The van der Waals surface area contributed by atoms with E-state index in [4.69, 9.17) is 23.2 Å². The predicted molar refractivity (Wildman–Crippen MR) is 124 cm³/mol. The SMILES string of the molecule is O=C(C[n+]1ccc(-c2cc[n+](CC(=O)c3ccc(Cl)cc3)cc2)cc1)c1ccc(Cl)cc1.[Br-].[Br-]. The van der Waals surface area contributed by atoms with Crippen LogP contribution in [0.1, 0.15) is 20.7 Å². The molecule has 0 N–H and O–H groups in total. The summed E-state index contributed by atoms with van der Waals surface area (Å²) in [4.78, 5) is 24.8. The lowest BCUT2D eigenvalue weighted by Crippen LogP contribution is -3.00. The minimum Gasteiger partial charge on any atom is -1.00 e. The number of pyridine rings is 2. The highest BCUT2D eigenvalue weighted by molar-refractivity contribution is 6.31. The third kappa shape index (κ3) is 7.31. The molecule has 0 saturated heterocycles. The summed E-state index contributed by atoms with van der Waals surface area (Å²) < 4.78 is 3.68. The Bertz CT molecular complexity index is 1150. The van der Waals surface area contributed by atoms with E-state index < -0.39 is 0 Å². The van der Waals surface area contributed by atoms with Crippen molar-refractivity contribution >= 4 is 34.8 Å². The van der Waals surface area contributed by atoms with Gasteiger partial charge in [-0.15, -0.1) is 0 Å². The number of benzene rings is 2. The van der Waals surface area contributed by atoms with E-state index >= 15 is 0 Å². The second-order valence-electron chi connectivity index (χ2n) is 7.38. The van der Waals surface area contributed by atoms with E-state index in [9.17, 15) is 9.59 Å². The van der Waals surface area contributed by atoms with Crippen molar-refractivity contribution in [3.05, 3.63) is 119 Å². The van der Waals surface area contributed by atoms with Gasteiger partial charge < -0.3 is 34.0 Å². The van der Waals surface area contributed by atoms with Crippen LogP contribution in [0, 0.1) is 0 Å². The maximum absolute atomic E-state index is 12.4. The number of Topliss-reactive ketones (excluding diaryl/α,β-unsaturated/α-hetero) is 2. The van der Waals surface area contributed by atoms with Gasteiger partial charge in [-0.3, -0.25) is 9.59 Å². The summed E-state index contributed by atoms with van der Waals surface area (Å²) in [6, 6.07) is 21.7. The molecule has 0 saturated carbocycles. The monoisotopic (exact) mass is 620 g/mol. The molecule has 0 aliphatic rings. The number of hydrogen-bond donors (Lipinski definition) is 0. The van der Waals surface area contributed by atoms with Gasteiger partial charge in [-0.2, -0.15) is 9.13 Å². The molecule has 34 heavy (non-hydrogen) atoms. The highest BCUT2D eigenvalue weighted by atomic mass is 79.9. The fraction of sp³-hybridized carbons (Fsp3) is 0.0769. The Kier molecular flexibility index (Phi) is 10.6. The van der Waals surface area contributed by atoms with E-state index in [1.807, 2.05) is 58.2 Å². The topological polar surface area (TPSA) is 41.9 Å². The van der Waals surface area contributed by atoms with Crippen LogP contribution in [0.2, 0.25) is 10.0 Å².